The predicted octanol–water partition coefficient (Wildman–Crippen LogP) is 2.33. The van der Waals surface area contributed by atoms with E-state index in [9.17, 15) is 22.8 Å². The number of rotatable bonds is 8. The van der Waals surface area contributed by atoms with Gasteiger partial charge >= 0.3 is 12.1 Å². The average molecular weight is 530 g/mol. The van der Waals surface area contributed by atoms with E-state index in [-0.39, 0.29) is 17.9 Å². The van der Waals surface area contributed by atoms with Gasteiger partial charge in [0.1, 0.15) is 17.8 Å². The molecule has 198 valence electrons. The Kier molecular flexibility index (Phi) is 8.45. The van der Waals surface area contributed by atoms with Crippen molar-refractivity contribution in [2.24, 2.45) is 0 Å². The van der Waals surface area contributed by atoms with Gasteiger partial charge in [-0.25, -0.2) is 18.0 Å². The number of sulfonamides is 1. The van der Waals surface area contributed by atoms with Crippen molar-refractivity contribution in [2.75, 3.05) is 26.7 Å². The summed E-state index contributed by atoms with van der Waals surface area (Å²) in [7, 11) is -2.64. The Bertz CT molecular complexity index is 1210. The fourth-order valence-electron chi connectivity index (χ4n) is 4.62. The first-order chi connectivity index (χ1) is 17.8. The van der Waals surface area contributed by atoms with Gasteiger partial charge < -0.3 is 19.7 Å². The zero-order valence-electron chi connectivity index (χ0n) is 20.7. The van der Waals surface area contributed by atoms with Gasteiger partial charge in [-0.2, -0.15) is 4.31 Å². The highest BCUT2D eigenvalue weighted by atomic mass is 32.2. The molecule has 11 heteroatoms. The van der Waals surface area contributed by atoms with Crippen molar-refractivity contribution in [1.82, 2.24) is 14.5 Å². The van der Waals surface area contributed by atoms with Gasteiger partial charge in [-0.05, 0) is 55.5 Å². The highest BCUT2D eigenvalue weighted by Crippen LogP contribution is 2.26. The lowest BCUT2D eigenvalue weighted by atomic mass is 10.0. The quantitative estimate of drug-likeness (QED) is 0.521. The number of ether oxygens (including phenoxy) is 2. The van der Waals surface area contributed by atoms with E-state index in [0.29, 0.717) is 37.2 Å². The number of esters is 1. The number of likely N-dealkylation sites (tertiary alicyclic amines) is 1. The molecular weight excluding hydrogens is 498 g/mol. The minimum Gasteiger partial charge on any atom is -0.467 e. The summed E-state index contributed by atoms with van der Waals surface area (Å²) in [5, 5.41) is 2.68. The summed E-state index contributed by atoms with van der Waals surface area (Å²) in [6.45, 7) is 1.58. The molecule has 10 nitrogen and oxygen atoms in total. The van der Waals surface area contributed by atoms with Crippen LogP contribution in [0.15, 0.2) is 59.5 Å². The highest BCUT2D eigenvalue weighted by molar-refractivity contribution is 7.89. The summed E-state index contributed by atoms with van der Waals surface area (Å²) in [6, 6.07) is 12.7. The first-order valence-corrected chi connectivity index (χ1v) is 13.7. The van der Waals surface area contributed by atoms with Crippen LogP contribution in [0.3, 0.4) is 0 Å². The summed E-state index contributed by atoms with van der Waals surface area (Å²) < 4.78 is 37.7. The second kappa shape index (κ2) is 11.7. The maximum absolute atomic E-state index is 13.2. The van der Waals surface area contributed by atoms with E-state index in [0.717, 1.165) is 12.8 Å². The van der Waals surface area contributed by atoms with Crippen molar-refractivity contribution in [3.8, 4) is 5.75 Å². The van der Waals surface area contributed by atoms with Crippen molar-refractivity contribution < 1.29 is 32.3 Å². The lowest BCUT2D eigenvalue weighted by Crippen LogP contribution is -2.51. The first kappa shape index (κ1) is 26.6. The van der Waals surface area contributed by atoms with Gasteiger partial charge in [-0.3, -0.25) is 4.79 Å². The second-order valence-corrected chi connectivity index (χ2v) is 11.0. The Labute approximate surface area is 216 Å². The topological polar surface area (TPSA) is 122 Å². The Morgan fingerprint density at radius 2 is 1.65 bits per heavy atom. The smallest absolute Gasteiger partial charge is 0.415 e. The van der Waals surface area contributed by atoms with E-state index in [1.54, 1.807) is 47.4 Å². The van der Waals surface area contributed by atoms with Crippen LogP contribution < -0.4 is 10.1 Å². The van der Waals surface area contributed by atoms with Crippen molar-refractivity contribution in [3.63, 3.8) is 0 Å². The lowest BCUT2D eigenvalue weighted by molar-refractivity contribution is -0.145. The fourth-order valence-corrected chi connectivity index (χ4v) is 6.29. The molecule has 0 spiro atoms. The molecule has 0 radical (unpaired) electrons. The predicted molar refractivity (Wildman–Crippen MR) is 134 cm³/mol. The van der Waals surface area contributed by atoms with Crippen LogP contribution in [-0.4, -0.2) is 74.4 Å². The summed E-state index contributed by atoms with van der Waals surface area (Å²) in [6.07, 6.45) is 2.54. The maximum Gasteiger partial charge on any atom is 0.415 e. The molecule has 2 saturated heterocycles. The van der Waals surface area contributed by atoms with E-state index in [2.05, 4.69) is 5.32 Å². The van der Waals surface area contributed by atoms with Gasteiger partial charge in [0.2, 0.25) is 15.9 Å². The first-order valence-electron chi connectivity index (χ1n) is 12.3. The van der Waals surface area contributed by atoms with Gasteiger partial charge in [-0.15, -0.1) is 0 Å². The van der Waals surface area contributed by atoms with Crippen molar-refractivity contribution >= 4 is 28.0 Å². The Hall–Kier alpha value is -3.44. The number of methoxy groups -OCH3 is 1. The summed E-state index contributed by atoms with van der Waals surface area (Å²) in [5.41, 5.74) is 0.705. The van der Waals surface area contributed by atoms with E-state index >= 15 is 0 Å². The number of hydrogen-bond acceptors (Lipinski definition) is 7. The van der Waals surface area contributed by atoms with Gasteiger partial charge in [0.15, 0.2) is 0 Å². The number of carbonyl (C=O) groups is 3. The van der Waals surface area contributed by atoms with Crippen LogP contribution in [0, 0.1) is 0 Å². The van der Waals surface area contributed by atoms with E-state index < -0.39 is 40.1 Å². The molecule has 0 aliphatic carbocycles. The zero-order valence-corrected chi connectivity index (χ0v) is 21.5. The number of carbonyl (C=O) groups excluding carboxylic acids is 3. The van der Waals surface area contributed by atoms with E-state index in [1.165, 1.54) is 23.5 Å². The third kappa shape index (κ3) is 6.28. The average Bonchev–Trinajstić information content (AvgIpc) is 3.62. The molecule has 2 aliphatic rings. The van der Waals surface area contributed by atoms with E-state index in [1.807, 2.05) is 0 Å². The molecule has 0 saturated carbocycles. The molecule has 4 rings (SSSR count). The van der Waals surface area contributed by atoms with Crippen molar-refractivity contribution in [1.29, 1.82) is 0 Å². The van der Waals surface area contributed by atoms with Crippen LogP contribution in [0.2, 0.25) is 0 Å². The summed E-state index contributed by atoms with van der Waals surface area (Å²) in [5.74, 6) is -0.816. The van der Waals surface area contributed by atoms with Crippen LogP contribution in [-0.2, 0) is 30.8 Å². The molecule has 2 heterocycles. The summed E-state index contributed by atoms with van der Waals surface area (Å²) in [4.78, 5) is 39.6. The molecule has 2 aromatic rings. The number of benzene rings is 2. The number of nitrogens with zero attached hydrogens (tertiary/aromatic N) is 2. The summed E-state index contributed by atoms with van der Waals surface area (Å²) >= 11 is 0. The molecule has 1 N–H and O–H groups in total. The van der Waals surface area contributed by atoms with Gasteiger partial charge in [-0.1, -0.05) is 30.3 Å². The number of nitrogens with one attached hydrogen (secondary N) is 1. The third-order valence-electron chi connectivity index (χ3n) is 6.59. The minimum absolute atomic E-state index is 0.115. The molecule has 0 unspecified atom stereocenters. The molecule has 2 aromatic carbocycles. The SMILES string of the molecule is COC(=O)[C@H](Cc1ccc(OC(=O)N2CCCC2)cc1)NC(=O)[C@@H]1CCCN1S(=O)(=O)c1ccccc1. The second-order valence-electron chi connectivity index (χ2n) is 9.08. The zero-order chi connectivity index (χ0) is 26.4. The Morgan fingerprint density at radius 3 is 2.30 bits per heavy atom. The van der Waals surface area contributed by atoms with Gasteiger partial charge in [0, 0.05) is 26.1 Å². The molecule has 0 aromatic heterocycles. The molecular formula is C26H31N3O7S. The van der Waals surface area contributed by atoms with Gasteiger partial charge in [0.25, 0.3) is 0 Å². The molecule has 2 atom stereocenters. The monoisotopic (exact) mass is 529 g/mol. The molecule has 2 amide bonds. The largest absolute Gasteiger partial charge is 0.467 e. The van der Waals surface area contributed by atoms with E-state index in [4.69, 9.17) is 9.47 Å². The lowest BCUT2D eigenvalue weighted by Gasteiger charge is -2.25. The van der Waals surface area contributed by atoms with Crippen LogP contribution in [0.25, 0.3) is 0 Å². The number of hydrogen-bond donors (Lipinski definition) is 1. The van der Waals surface area contributed by atoms with Crippen molar-refractivity contribution in [3.05, 3.63) is 60.2 Å². The third-order valence-corrected chi connectivity index (χ3v) is 8.51. The molecule has 2 aliphatic heterocycles. The number of amides is 2. The minimum atomic E-state index is -3.86. The standard InChI is InChI=1S/C26H31N3O7S/c1-35-25(31)22(18-19-11-13-20(14-12-19)36-26(32)28-15-5-6-16-28)27-24(30)23-10-7-17-29(23)37(33,34)21-8-3-2-4-9-21/h2-4,8-9,11-14,22-23H,5-7,10,15-18H2,1H3,(H,27,30)/t22-,23-/m0/s1. The Morgan fingerprint density at radius 1 is 0.973 bits per heavy atom. The van der Waals surface area contributed by atoms with Crippen LogP contribution >= 0.6 is 0 Å². The normalized spacial score (nSPS) is 18.8. The fraction of sp³-hybridized carbons (Fsp3) is 0.423. The highest BCUT2D eigenvalue weighted by Gasteiger charge is 2.40. The molecule has 0 bridgehead atoms. The molecule has 2 fully saturated rings. The van der Waals surface area contributed by atoms with Crippen LogP contribution in [0.4, 0.5) is 4.79 Å². The molecule has 37 heavy (non-hydrogen) atoms. The van der Waals surface area contributed by atoms with Gasteiger partial charge in [0.05, 0.1) is 12.0 Å². The van der Waals surface area contributed by atoms with Crippen LogP contribution in [0.5, 0.6) is 5.75 Å². The Balaban J connectivity index is 1.42. The maximum atomic E-state index is 13.2. The van der Waals surface area contributed by atoms with Crippen molar-refractivity contribution in [2.45, 2.75) is 49.1 Å². The van der Waals surface area contributed by atoms with Crippen LogP contribution in [0.1, 0.15) is 31.2 Å².